The van der Waals surface area contributed by atoms with E-state index in [4.69, 9.17) is 0 Å². The maximum absolute atomic E-state index is 11.9. The van der Waals surface area contributed by atoms with E-state index in [0.717, 1.165) is 29.2 Å². The maximum atomic E-state index is 11.9. The second kappa shape index (κ2) is 3.39. The van der Waals surface area contributed by atoms with Crippen LogP contribution in [0.3, 0.4) is 0 Å². The Hall–Kier alpha value is -0.830. The average molecular weight is 209 g/mol. The molecule has 0 amide bonds. The molecule has 2 nitrogen and oxygen atoms in total. The molecule has 2 rings (SSSR count). The minimum atomic E-state index is -1.86. The number of hydrogen-bond donors (Lipinski definition) is 0. The first-order valence-electron chi connectivity index (χ1n) is 4.89. The number of aryl methyl sites for hydroxylation is 1. The highest BCUT2D eigenvalue weighted by atomic mass is 32.2. The summed E-state index contributed by atoms with van der Waals surface area (Å²) in [6.07, 6.45) is 1.06. The second-order valence-electron chi connectivity index (χ2n) is 3.84. The largest absolute Gasteiger partial charge is 0.249 e. The molecular weight excluding hydrogens is 194 g/mol. The molecule has 0 unspecified atom stereocenters. The summed E-state index contributed by atoms with van der Waals surface area (Å²) in [7, 11) is -1.86. The molecule has 3 heteroatoms. The molecule has 0 bridgehead atoms. The van der Waals surface area contributed by atoms with Crippen molar-refractivity contribution in [2.24, 2.45) is 4.36 Å². The van der Waals surface area contributed by atoms with Crippen LogP contribution in [0, 0.1) is 13.8 Å². The van der Waals surface area contributed by atoms with Crippen molar-refractivity contribution in [1.29, 1.82) is 0 Å². The van der Waals surface area contributed by atoms with Gasteiger partial charge in [0.05, 0.1) is 15.4 Å². The SMILES string of the molecule is Cc1cccc(N=S2(=O)CCC2)c1C. The monoisotopic (exact) mass is 209 g/mol. The summed E-state index contributed by atoms with van der Waals surface area (Å²) in [5.41, 5.74) is 3.28. The lowest BCUT2D eigenvalue weighted by Gasteiger charge is -2.18. The molecular formula is C11H15NOS. The van der Waals surface area contributed by atoms with Crippen LogP contribution < -0.4 is 0 Å². The quantitative estimate of drug-likeness (QED) is 0.699. The van der Waals surface area contributed by atoms with Gasteiger partial charge in [0.15, 0.2) is 0 Å². The Morgan fingerprint density at radius 2 is 2.00 bits per heavy atom. The fourth-order valence-electron chi connectivity index (χ4n) is 1.50. The zero-order chi connectivity index (χ0) is 10.2. The van der Waals surface area contributed by atoms with Gasteiger partial charge in [0.1, 0.15) is 0 Å². The van der Waals surface area contributed by atoms with E-state index >= 15 is 0 Å². The number of nitrogens with zero attached hydrogens (tertiary/aromatic N) is 1. The molecule has 0 saturated carbocycles. The fraction of sp³-hybridized carbons (Fsp3) is 0.455. The van der Waals surface area contributed by atoms with Gasteiger partial charge in [0, 0.05) is 11.5 Å². The van der Waals surface area contributed by atoms with Gasteiger partial charge >= 0.3 is 0 Å². The molecule has 1 saturated heterocycles. The zero-order valence-corrected chi connectivity index (χ0v) is 9.43. The van der Waals surface area contributed by atoms with E-state index in [9.17, 15) is 4.21 Å². The van der Waals surface area contributed by atoms with E-state index in [1.54, 1.807) is 0 Å². The molecule has 1 heterocycles. The Morgan fingerprint density at radius 3 is 2.57 bits per heavy atom. The highest BCUT2D eigenvalue weighted by Gasteiger charge is 2.19. The molecule has 0 atom stereocenters. The fourth-order valence-corrected chi connectivity index (χ4v) is 3.02. The van der Waals surface area contributed by atoms with Crippen molar-refractivity contribution < 1.29 is 4.21 Å². The van der Waals surface area contributed by atoms with Crippen LogP contribution in [0.25, 0.3) is 0 Å². The predicted octanol–water partition coefficient (Wildman–Crippen LogP) is 2.81. The molecule has 76 valence electrons. The molecule has 1 aliphatic heterocycles. The van der Waals surface area contributed by atoms with Crippen LogP contribution in [-0.2, 0) is 9.73 Å². The first-order chi connectivity index (χ1) is 6.61. The average Bonchev–Trinajstić information content (AvgIpc) is 2.10. The van der Waals surface area contributed by atoms with Crippen LogP contribution in [0.4, 0.5) is 5.69 Å². The second-order valence-corrected chi connectivity index (χ2v) is 6.39. The third-order valence-electron chi connectivity index (χ3n) is 2.77. The summed E-state index contributed by atoms with van der Waals surface area (Å²) in [5, 5.41) is 0. The summed E-state index contributed by atoms with van der Waals surface area (Å²) >= 11 is 0. The van der Waals surface area contributed by atoms with Crippen molar-refractivity contribution in [1.82, 2.24) is 0 Å². The van der Waals surface area contributed by atoms with Crippen molar-refractivity contribution >= 4 is 15.4 Å². The summed E-state index contributed by atoms with van der Waals surface area (Å²) in [6.45, 7) is 4.09. The van der Waals surface area contributed by atoms with Gasteiger partial charge in [-0.3, -0.25) is 0 Å². The van der Waals surface area contributed by atoms with E-state index in [-0.39, 0.29) is 0 Å². The summed E-state index contributed by atoms with van der Waals surface area (Å²) < 4.78 is 16.3. The molecule has 14 heavy (non-hydrogen) atoms. The molecule has 0 aromatic heterocycles. The molecule has 1 fully saturated rings. The summed E-state index contributed by atoms with van der Waals surface area (Å²) in [6, 6.07) is 5.98. The third kappa shape index (κ3) is 1.69. The van der Waals surface area contributed by atoms with Crippen molar-refractivity contribution in [3.63, 3.8) is 0 Å². The van der Waals surface area contributed by atoms with E-state index in [1.165, 1.54) is 5.56 Å². The zero-order valence-electron chi connectivity index (χ0n) is 8.62. The van der Waals surface area contributed by atoms with Crippen molar-refractivity contribution in [3.05, 3.63) is 29.3 Å². The van der Waals surface area contributed by atoms with E-state index in [0.29, 0.717) is 0 Å². The van der Waals surface area contributed by atoms with Crippen molar-refractivity contribution in [2.45, 2.75) is 20.3 Å². The highest BCUT2D eigenvalue weighted by Crippen LogP contribution is 2.26. The molecule has 0 aliphatic carbocycles. The Bertz CT molecular complexity index is 460. The lowest BCUT2D eigenvalue weighted by molar-refractivity contribution is 0.663. The Kier molecular flexibility index (Phi) is 2.35. The Balaban J connectivity index is 2.48. The maximum Gasteiger partial charge on any atom is 0.0762 e. The first kappa shape index (κ1) is 9.71. The van der Waals surface area contributed by atoms with Crippen molar-refractivity contribution in [2.75, 3.05) is 11.5 Å². The number of hydrogen-bond acceptors (Lipinski definition) is 2. The van der Waals surface area contributed by atoms with Gasteiger partial charge in [-0.1, -0.05) is 12.1 Å². The van der Waals surface area contributed by atoms with E-state index < -0.39 is 9.73 Å². The van der Waals surface area contributed by atoms with E-state index in [1.807, 2.05) is 19.1 Å². The predicted molar refractivity (Wildman–Crippen MR) is 60.5 cm³/mol. The lowest BCUT2D eigenvalue weighted by atomic mass is 10.1. The van der Waals surface area contributed by atoms with Gasteiger partial charge in [-0.05, 0) is 37.5 Å². The number of rotatable bonds is 1. The Labute approximate surface area is 85.5 Å². The molecule has 0 radical (unpaired) electrons. The number of benzene rings is 1. The van der Waals surface area contributed by atoms with Gasteiger partial charge < -0.3 is 0 Å². The standard InChI is InChI=1S/C11H15NOS/c1-9-5-3-6-11(10(9)2)12-14(13)7-4-8-14/h3,5-6H,4,7-8H2,1-2H3. The van der Waals surface area contributed by atoms with Crippen LogP contribution in [0.5, 0.6) is 0 Å². The van der Waals surface area contributed by atoms with Crippen LogP contribution >= 0.6 is 0 Å². The van der Waals surface area contributed by atoms with Crippen LogP contribution in [-0.4, -0.2) is 15.7 Å². The van der Waals surface area contributed by atoms with Crippen LogP contribution in [0.15, 0.2) is 22.6 Å². The normalized spacial score (nSPS) is 18.7. The summed E-state index contributed by atoms with van der Waals surface area (Å²) in [5.74, 6) is 1.56. The third-order valence-corrected chi connectivity index (χ3v) is 5.15. The van der Waals surface area contributed by atoms with Crippen molar-refractivity contribution in [3.8, 4) is 0 Å². The molecule has 1 aliphatic rings. The minimum absolute atomic E-state index is 0.778. The lowest BCUT2D eigenvalue weighted by Crippen LogP contribution is -2.23. The smallest absolute Gasteiger partial charge is 0.0762 e. The molecule has 0 spiro atoms. The van der Waals surface area contributed by atoms with E-state index in [2.05, 4.69) is 17.4 Å². The van der Waals surface area contributed by atoms with Gasteiger partial charge in [-0.2, -0.15) is 4.36 Å². The molecule has 1 aromatic rings. The van der Waals surface area contributed by atoms with Crippen LogP contribution in [0.1, 0.15) is 17.5 Å². The van der Waals surface area contributed by atoms with Gasteiger partial charge in [-0.25, -0.2) is 4.21 Å². The van der Waals surface area contributed by atoms with Crippen LogP contribution in [0.2, 0.25) is 0 Å². The Morgan fingerprint density at radius 1 is 1.29 bits per heavy atom. The van der Waals surface area contributed by atoms with Gasteiger partial charge in [-0.15, -0.1) is 0 Å². The topological polar surface area (TPSA) is 29.4 Å². The highest BCUT2D eigenvalue weighted by molar-refractivity contribution is 7.95. The minimum Gasteiger partial charge on any atom is -0.249 e. The summed E-state index contributed by atoms with van der Waals surface area (Å²) in [4.78, 5) is 0. The van der Waals surface area contributed by atoms with Gasteiger partial charge in [0.25, 0.3) is 0 Å². The molecule has 0 N–H and O–H groups in total. The first-order valence-corrected chi connectivity index (χ1v) is 6.75. The molecule has 1 aromatic carbocycles. The van der Waals surface area contributed by atoms with Gasteiger partial charge in [0.2, 0.25) is 0 Å².